The maximum absolute atomic E-state index is 12.2. The first kappa shape index (κ1) is 18.9. The standard InChI is InChI=1S/C15H24ClN3O2S/c1-4-8-17-14(20)10-18(3)15(21)11-19(5-2)9-12-6-7-13(16)22-12/h6-7H,4-5,8-11H2,1-3H3,(H,17,20). The van der Waals surface area contributed by atoms with E-state index in [-0.39, 0.29) is 18.4 Å². The Hall–Kier alpha value is -1.11. The van der Waals surface area contributed by atoms with E-state index in [9.17, 15) is 9.59 Å². The maximum Gasteiger partial charge on any atom is 0.239 e. The smallest absolute Gasteiger partial charge is 0.239 e. The Balaban J connectivity index is 2.44. The summed E-state index contributed by atoms with van der Waals surface area (Å²) in [4.78, 5) is 28.5. The van der Waals surface area contributed by atoms with Gasteiger partial charge in [0.25, 0.3) is 0 Å². The fourth-order valence-electron chi connectivity index (χ4n) is 1.87. The van der Waals surface area contributed by atoms with Crippen molar-refractivity contribution in [3.05, 3.63) is 21.3 Å². The molecule has 0 fully saturated rings. The summed E-state index contributed by atoms with van der Waals surface area (Å²) < 4.78 is 0.752. The average Bonchev–Trinajstić information content (AvgIpc) is 2.89. The van der Waals surface area contributed by atoms with E-state index in [1.165, 1.54) is 16.2 Å². The van der Waals surface area contributed by atoms with Crippen LogP contribution in [-0.2, 0) is 16.1 Å². The summed E-state index contributed by atoms with van der Waals surface area (Å²) in [7, 11) is 1.66. The predicted octanol–water partition coefficient (Wildman–Crippen LogP) is 2.21. The molecule has 124 valence electrons. The quantitative estimate of drug-likeness (QED) is 0.746. The molecular weight excluding hydrogens is 322 g/mol. The Morgan fingerprint density at radius 1 is 1.27 bits per heavy atom. The summed E-state index contributed by atoms with van der Waals surface area (Å²) >= 11 is 7.44. The number of rotatable bonds is 9. The molecule has 0 radical (unpaired) electrons. The third kappa shape index (κ3) is 6.77. The molecule has 0 aromatic carbocycles. The summed E-state index contributed by atoms with van der Waals surface area (Å²) in [6, 6.07) is 3.84. The summed E-state index contributed by atoms with van der Waals surface area (Å²) in [5.41, 5.74) is 0. The molecule has 1 aromatic rings. The second-order valence-electron chi connectivity index (χ2n) is 5.11. The first-order chi connectivity index (χ1) is 10.5. The number of nitrogens with one attached hydrogen (secondary N) is 1. The highest BCUT2D eigenvalue weighted by molar-refractivity contribution is 7.16. The van der Waals surface area contributed by atoms with E-state index in [4.69, 9.17) is 11.6 Å². The van der Waals surface area contributed by atoms with Crippen molar-refractivity contribution in [1.29, 1.82) is 0 Å². The molecule has 0 saturated carbocycles. The number of nitrogens with zero attached hydrogens (tertiary/aromatic N) is 2. The second kappa shape index (κ2) is 9.82. The molecule has 1 aromatic heterocycles. The summed E-state index contributed by atoms with van der Waals surface area (Å²) in [5, 5.41) is 2.77. The van der Waals surface area contributed by atoms with Crippen LogP contribution < -0.4 is 5.32 Å². The molecule has 1 rings (SSSR count). The lowest BCUT2D eigenvalue weighted by atomic mass is 10.3. The van der Waals surface area contributed by atoms with E-state index < -0.39 is 0 Å². The topological polar surface area (TPSA) is 52.7 Å². The van der Waals surface area contributed by atoms with Crippen LogP contribution in [0.15, 0.2) is 12.1 Å². The highest BCUT2D eigenvalue weighted by Gasteiger charge is 2.16. The van der Waals surface area contributed by atoms with Gasteiger partial charge in [-0.2, -0.15) is 0 Å². The van der Waals surface area contributed by atoms with Gasteiger partial charge in [0.2, 0.25) is 11.8 Å². The summed E-state index contributed by atoms with van der Waals surface area (Å²) in [6.07, 6.45) is 0.885. The average molecular weight is 346 g/mol. The molecule has 1 heterocycles. The molecule has 0 atom stereocenters. The first-order valence-corrected chi connectivity index (χ1v) is 8.62. The van der Waals surface area contributed by atoms with E-state index in [0.29, 0.717) is 19.6 Å². The van der Waals surface area contributed by atoms with Crippen molar-refractivity contribution in [2.75, 3.05) is 33.2 Å². The highest BCUT2D eigenvalue weighted by atomic mass is 35.5. The number of carbonyl (C=O) groups is 2. The van der Waals surface area contributed by atoms with Crippen LogP contribution in [0.2, 0.25) is 4.34 Å². The molecule has 0 bridgehead atoms. The first-order valence-electron chi connectivity index (χ1n) is 7.43. The zero-order valence-electron chi connectivity index (χ0n) is 13.4. The molecule has 5 nitrogen and oxygen atoms in total. The largest absolute Gasteiger partial charge is 0.355 e. The predicted molar refractivity (Wildman–Crippen MR) is 91.2 cm³/mol. The van der Waals surface area contributed by atoms with Gasteiger partial charge in [0, 0.05) is 25.0 Å². The molecule has 0 unspecified atom stereocenters. The lowest BCUT2D eigenvalue weighted by molar-refractivity contribution is -0.135. The monoisotopic (exact) mass is 345 g/mol. The molecule has 7 heteroatoms. The van der Waals surface area contributed by atoms with E-state index >= 15 is 0 Å². The SMILES string of the molecule is CCCNC(=O)CN(C)C(=O)CN(CC)Cc1ccc(Cl)s1. The van der Waals surface area contributed by atoms with E-state index in [2.05, 4.69) is 5.32 Å². The van der Waals surface area contributed by atoms with E-state index in [1.54, 1.807) is 7.05 Å². The number of thiophene rings is 1. The molecule has 0 saturated heterocycles. The van der Waals surface area contributed by atoms with Crippen molar-refractivity contribution in [3.8, 4) is 0 Å². The van der Waals surface area contributed by atoms with Crippen molar-refractivity contribution >= 4 is 34.8 Å². The van der Waals surface area contributed by atoms with E-state index in [1.807, 2.05) is 30.9 Å². The number of hydrogen-bond donors (Lipinski definition) is 1. The van der Waals surface area contributed by atoms with Crippen LogP contribution in [0, 0.1) is 0 Å². The van der Waals surface area contributed by atoms with Crippen LogP contribution in [-0.4, -0.2) is 54.8 Å². The minimum Gasteiger partial charge on any atom is -0.355 e. The second-order valence-corrected chi connectivity index (χ2v) is 6.91. The molecule has 0 aliphatic carbocycles. The van der Waals surface area contributed by atoms with Gasteiger partial charge in [0.05, 0.1) is 17.4 Å². The van der Waals surface area contributed by atoms with Crippen LogP contribution in [0.1, 0.15) is 25.1 Å². The lowest BCUT2D eigenvalue weighted by Crippen LogP contribution is -2.43. The van der Waals surface area contributed by atoms with Crippen LogP contribution in [0.4, 0.5) is 0 Å². The number of hydrogen-bond acceptors (Lipinski definition) is 4. The third-order valence-electron chi connectivity index (χ3n) is 3.19. The van der Waals surface area contributed by atoms with Gasteiger partial charge in [-0.25, -0.2) is 0 Å². The molecule has 0 aliphatic heterocycles. The highest BCUT2D eigenvalue weighted by Crippen LogP contribution is 2.22. The van der Waals surface area contributed by atoms with Gasteiger partial charge in [-0.05, 0) is 25.1 Å². The molecule has 0 aliphatic rings. The summed E-state index contributed by atoms with van der Waals surface area (Å²) in [6.45, 7) is 6.49. The minimum atomic E-state index is -0.120. The van der Waals surface area contributed by atoms with Gasteiger partial charge in [0.15, 0.2) is 0 Å². The molecule has 2 amide bonds. The van der Waals surface area contributed by atoms with Crippen molar-refractivity contribution < 1.29 is 9.59 Å². The number of halogens is 1. The van der Waals surface area contributed by atoms with Crippen LogP contribution in [0.5, 0.6) is 0 Å². The number of amides is 2. The fraction of sp³-hybridized carbons (Fsp3) is 0.600. The van der Waals surface area contributed by atoms with Crippen LogP contribution >= 0.6 is 22.9 Å². The van der Waals surface area contributed by atoms with Gasteiger partial charge >= 0.3 is 0 Å². The Morgan fingerprint density at radius 3 is 2.55 bits per heavy atom. The Morgan fingerprint density at radius 2 is 2.00 bits per heavy atom. The minimum absolute atomic E-state index is 0.0591. The van der Waals surface area contributed by atoms with Gasteiger partial charge in [0.1, 0.15) is 0 Å². The molecule has 1 N–H and O–H groups in total. The van der Waals surface area contributed by atoms with Gasteiger partial charge in [-0.3, -0.25) is 14.5 Å². The van der Waals surface area contributed by atoms with Gasteiger partial charge < -0.3 is 10.2 Å². The maximum atomic E-state index is 12.2. The van der Waals surface area contributed by atoms with Gasteiger partial charge in [-0.1, -0.05) is 25.4 Å². The molecular formula is C15H24ClN3O2S. The van der Waals surface area contributed by atoms with Crippen molar-refractivity contribution in [2.24, 2.45) is 0 Å². The lowest BCUT2D eigenvalue weighted by Gasteiger charge is -2.23. The van der Waals surface area contributed by atoms with Crippen molar-refractivity contribution in [3.63, 3.8) is 0 Å². The van der Waals surface area contributed by atoms with Crippen LogP contribution in [0.25, 0.3) is 0 Å². The third-order valence-corrected chi connectivity index (χ3v) is 4.41. The van der Waals surface area contributed by atoms with Crippen molar-refractivity contribution in [2.45, 2.75) is 26.8 Å². The summed E-state index contributed by atoms with van der Waals surface area (Å²) in [5.74, 6) is -0.179. The van der Waals surface area contributed by atoms with E-state index in [0.717, 1.165) is 22.2 Å². The Bertz CT molecular complexity index is 493. The molecule has 22 heavy (non-hydrogen) atoms. The number of likely N-dealkylation sites (N-methyl/N-ethyl adjacent to an activating group) is 2. The van der Waals surface area contributed by atoms with Crippen molar-refractivity contribution in [1.82, 2.24) is 15.1 Å². The van der Waals surface area contributed by atoms with Gasteiger partial charge in [-0.15, -0.1) is 11.3 Å². The number of carbonyl (C=O) groups excluding carboxylic acids is 2. The van der Waals surface area contributed by atoms with Crippen LogP contribution in [0.3, 0.4) is 0 Å². The normalized spacial score (nSPS) is 10.8. The zero-order valence-corrected chi connectivity index (χ0v) is 15.0. The molecule has 0 spiro atoms. The Labute approximate surface area is 141 Å². The Kier molecular flexibility index (Phi) is 8.45. The fourth-order valence-corrected chi connectivity index (χ4v) is 3.00. The zero-order chi connectivity index (χ0) is 16.5.